The number of rotatable bonds is 7. The number of nitrogens with one attached hydrogen (secondary N) is 1. The van der Waals surface area contributed by atoms with Crippen molar-refractivity contribution in [2.75, 3.05) is 32.9 Å². The zero-order chi connectivity index (χ0) is 10.1. The van der Waals surface area contributed by atoms with Crippen LogP contribution in [-0.4, -0.2) is 39.0 Å². The van der Waals surface area contributed by atoms with Gasteiger partial charge in [-0.3, -0.25) is 0 Å². The molecule has 0 aliphatic carbocycles. The number of hydrogen-bond donors (Lipinski definition) is 1. The molecule has 0 spiro atoms. The maximum Gasteiger partial charge on any atom is 0.0809 e. The molecule has 1 atom stereocenters. The molecule has 0 aromatic carbocycles. The molecule has 80 valence electrons. The van der Waals surface area contributed by atoms with Crippen LogP contribution in [0.15, 0.2) is 0 Å². The summed E-state index contributed by atoms with van der Waals surface area (Å²) in [4.78, 5) is 0. The van der Waals surface area contributed by atoms with Gasteiger partial charge in [0.25, 0.3) is 0 Å². The zero-order valence-electron chi connectivity index (χ0n) is 8.63. The van der Waals surface area contributed by atoms with E-state index in [-0.39, 0.29) is 0 Å². The quantitative estimate of drug-likeness (QED) is 0.483. The molecular weight excluding hydrogens is 178 g/mol. The molecule has 1 heterocycles. The first kappa shape index (κ1) is 11.5. The van der Waals surface area contributed by atoms with Crippen LogP contribution in [0.25, 0.3) is 0 Å². The Kier molecular flexibility index (Phi) is 6.42. The Balaban J connectivity index is 1.78. The van der Waals surface area contributed by atoms with Crippen molar-refractivity contribution in [2.24, 2.45) is 0 Å². The molecule has 0 radical (unpaired) electrons. The van der Waals surface area contributed by atoms with Crippen LogP contribution in [0.1, 0.15) is 19.3 Å². The molecular formula is C11H19NO2. The van der Waals surface area contributed by atoms with E-state index in [9.17, 15) is 0 Å². The normalized spacial score (nSPS) is 20.9. The molecule has 0 aromatic rings. The third kappa shape index (κ3) is 5.23. The smallest absolute Gasteiger partial charge is 0.0809 e. The van der Waals surface area contributed by atoms with Gasteiger partial charge >= 0.3 is 0 Å². The molecule has 0 aromatic heterocycles. The van der Waals surface area contributed by atoms with Gasteiger partial charge in [-0.2, -0.15) is 0 Å². The second kappa shape index (κ2) is 7.81. The first-order valence-corrected chi connectivity index (χ1v) is 5.27. The van der Waals surface area contributed by atoms with Crippen LogP contribution in [-0.2, 0) is 9.47 Å². The molecule has 3 nitrogen and oxygen atoms in total. The Morgan fingerprint density at radius 2 is 2.50 bits per heavy atom. The van der Waals surface area contributed by atoms with E-state index in [0.717, 1.165) is 39.2 Å². The van der Waals surface area contributed by atoms with Gasteiger partial charge in [0, 0.05) is 13.2 Å². The van der Waals surface area contributed by atoms with E-state index in [1.54, 1.807) is 0 Å². The summed E-state index contributed by atoms with van der Waals surface area (Å²) in [6, 6.07) is 0. The lowest BCUT2D eigenvalue weighted by Gasteiger charge is -2.09. The molecule has 0 bridgehead atoms. The lowest BCUT2D eigenvalue weighted by molar-refractivity contribution is 0.0167. The fourth-order valence-corrected chi connectivity index (χ4v) is 1.45. The molecule has 0 saturated carbocycles. The van der Waals surface area contributed by atoms with Gasteiger partial charge in [0.05, 0.1) is 19.3 Å². The first-order chi connectivity index (χ1) is 6.93. The van der Waals surface area contributed by atoms with Crippen molar-refractivity contribution in [3.63, 3.8) is 0 Å². The highest BCUT2D eigenvalue weighted by Crippen LogP contribution is 2.11. The van der Waals surface area contributed by atoms with Crippen molar-refractivity contribution in [3.8, 4) is 12.3 Å². The average Bonchev–Trinajstić information content (AvgIpc) is 2.69. The maximum absolute atomic E-state index is 5.48. The highest BCUT2D eigenvalue weighted by atomic mass is 16.5. The van der Waals surface area contributed by atoms with Crippen molar-refractivity contribution in [1.29, 1.82) is 0 Å². The minimum atomic E-state index is 0.341. The van der Waals surface area contributed by atoms with Crippen LogP contribution in [0, 0.1) is 12.3 Å². The molecule has 14 heavy (non-hydrogen) atoms. The molecule has 1 unspecified atom stereocenters. The summed E-state index contributed by atoms with van der Waals surface area (Å²) in [5.74, 6) is 2.53. The highest BCUT2D eigenvalue weighted by molar-refractivity contribution is 4.86. The maximum atomic E-state index is 5.48. The molecule has 1 saturated heterocycles. The van der Waals surface area contributed by atoms with Gasteiger partial charge < -0.3 is 14.8 Å². The summed E-state index contributed by atoms with van der Waals surface area (Å²) in [5.41, 5.74) is 0. The summed E-state index contributed by atoms with van der Waals surface area (Å²) >= 11 is 0. The summed E-state index contributed by atoms with van der Waals surface area (Å²) in [5, 5.41) is 3.12. The minimum absolute atomic E-state index is 0.341. The lowest BCUT2D eigenvalue weighted by Crippen LogP contribution is -2.19. The van der Waals surface area contributed by atoms with Crippen LogP contribution in [0.3, 0.4) is 0 Å². The van der Waals surface area contributed by atoms with E-state index in [1.165, 1.54) is 6.42 Å². The molecule has 1 N–H and O–H groups in total. The van der Waals surface area contributed by atoms with Crippen LogP contribution in [0.2, 0.25) is 0 Å². The van der Waals surface area contributed by atoms with Crippen molar-refractivity contribution >= 4 is 0 Å². The van der Waals surface area contributed by atoms with Crippen LogP contribution >= 0.6 is 0 Å². The average molecular weight is 197 g/mol. The molecule has 1 aliphatic rings. The molecule has 0 amide bonds. The zero-order valence-corrected chi connectivity index (χ0v) is 8.63. The van der Waals surface area contributed by atoms with E-state index in [0.29, 0.717) is 12.6 Å². The minimum Gasteiger partial charge on any atom is -0.379 e. The second-order valence-electron chi connectivity index (χ2n) is 3.44. The Morgan fingerprint density at radius 1 is 1.57 bits per heavy atom. The standard InChI is InChI=1S/C11H19NO2/c1-2-6-12-7-4-8-13-10-11-5-3-9-14-11/h1,11-12H,3-10H2. The fourth-order valence-electron chi connectivity index (χ4n) is 1.45. The number of terminal acetylenes is 1. The van der Waals surface area contributed by atoms with Gasteiger partial charge in [-0.25, -0.2) is 0 Å². The highest BCUT2D eigenvalue weighted by Gasteiger charge is 2.14. The van der Waals surface area contributed by atoms with E-state index in [4.69, 9.17) is 15.9 Å². The van der Waals surface area contributed by atoms with Gasteiger partial charge in [-0.1, -0.05) is 5.92 Å². The summed E-state index contributed by atoms with van der Waals surface area (Å²) < 4.78 is 10.9. The summed E-state index contributed by atoms with van der Waals surface area (Å²) in [7, 11) is 0. The van der Waals surface area contributed by atoms with Crippen molar-refractivity contribution in [3.05, 3.63) is 0 Å². The monoisotopic (exact) mass is 197 g/mol. The number of ether oxygens (including phenoxy) is 2. The summed E-state index contributed by atoms with van der Waals surface area (Å²) in [6.45, 7) is 4.01. The van der Waals surface area contributed by atoms with Gasteiger partial charge in [0.15, 0.2) is 0 Å². The molecule has 3 heteroatoms. The Bertz CT molecular complexity index is 171. The predicted molar refractivity (Wildman–Crippen MR) is 56.1 cm³/mol. The molecule has 1 aliphatic heterocycles. The third-order valence-electron chi connectivity index (χ3n) is 2.20. The largest absolute Gasteiger partial charge is 0.379 e. The van der Waals surface area contributed by atoms with E-state index in [1.807, 2.05) is 0 Å². The SMILES string of the molecule is C#CCNCCCOCC1CCCO1. The summed E-state index contributed by atoms with van der Waals surface area (Å²) in [6.07, 6.45) is 8.77. The predicted octanol–water partition coefficient (Wildman–Crippen LogP) is 0.795. The van der Waals surface area contributed by atoms with Crippen molar-refractivity contribution in [2.45, 2.75) is 25.4 Å². The Labute approximate surface area is 86.2 Å². The van der Waals surface area contributed by atoms with Crippen molar-refractivity contribution < 1.29 is 9.47 Å². The third-order valence-corrected chi connectivity index (χ3v) is 2.20. The van der Waals surface area contributed by atoms with Crippen molar-refractivity contribution in [1.82, 2.24) is 5.32 Å². The number of hydrogen-bond acceptors (Lipinski definition) is 3. The van der Waals surface area contributed by atoms with E-state index < -0.39 is 0 Å². The van der Waals surface area contributed by atoms with Crippen LogP contribution < -0.4 is 5.32 Å². The lowest BCUT2D eigenvalue weighted by atomic mass is 10.2. The second-order valence-corrected chi connectivity index (χ2v) is 3.44. The van der Waals surface area contributed by atoms with E-state index >= 15 is 0 Å². The van der Waals surface area contributed by atoms with Gasteiger partial charge in [-0.05, 0) is 25.8 Å². The van der Waals surface area contributed by atoms with Gasteiger partial charge in [0.2, 0.25) is 0 Å². The fraction of sp³-hybridized carbons (Fsp3) is 0.818. The Hall–Kier alpha value is -0.560. The first-order valence-electron chi connectivity index (χ1n) is 5.27. The topological polar surface area (TPSA) is 30.5 Å². The molecule has 1 fully saturated rings. The molecule has 1 rings (SSSR count). The van der Waals surface area contributed by atoms with Gasteiger partial charge in [0.1, 0.15) is 0 Å². The van der Waals surface area contributed by atoms with Crippen LogP contribution in [0.4, 0.5) is 0 Å². The van der Waals surface area contributed by atoms with E-state index in [2.05, 4.69) is 11.2 Å². The van der Waals surface area contributed by atoms with Crippen LogP contribution in [0.5, 0.6) is 0 Å². The Morgan fingerprint density at radius 3 is 3.21 bits per heavy atom. The van der Waals surface area contributed by atoms with Gasteiger partial charge in [-0.15, -0.1) is 6.42 Å².